The molecular formula is C22H11Cl2IN2OS. The molecule has 2 aromatic heterocycles. The Morgan fingerprint density at radius 3 is 2.52 bits per heavy atom. The Balaban J connectivity index is 1.62. The summed E-state index contributed by atoms with van der Waals surface area (Å²) in [5.41, 5.74) is 3.12. The molecule has 29 heavy (non-hydrogen) atoms. The van der Waals surface area contributed by atoms with Gasteiger partial charge in [0.2, 0.25) is 0 Å². The van der Waals surface area contributed by atoms with Gasteiger partial charge in [-0.3, -0.25) is 0 Å². The van der Waals surface area contributed by atoms with Crippen LogP contribution in [0.15, 0.2) is 64.4 Å². The zero-order valence-corrected chi connectivity index (χ0v) is 19.2. The third-order valence-corrected chi connectivity index (χ3v) is 6.45. The number of rotatable bonds is 4. The Hall–Kier alpha value is -2.11. The molecule has 142 valence electrons. The van der Waals surface area contributed by atoms with E-state index >= 15 is 0 Å². The van der Waals surface area contributed by atoms with Crippen LogP contribution < -0.4 is 0 Å². The first-order chi connectivity index (χ1) is 14.0. The monoisotopic (exact) mass is 548 g/mol. The van der Waals surface area contributed by atoms with Crippen LogP contribution in [0.4, 0.5) is 0 Å². The molecule has 0 N–H and O–H groups in total. The van der Waals surface area contributed by atoms with Crippen molar-refractivity contribution in [1.29, 1.82) is 5.26 Å². The SMILES string of the molecule is N#C/C(=C\c1ccc(-c2ccc(Cl)c(Cl)c2)o1)c1nc(-c2ccc(I)cc2)cs1. The van der Waals surface area contributed by atoms with Gasteiger partial charge in [-0.05, 0) is 65.1 Å². The third kappa shape index (κ3) is 4.57. The van der Waals surface area contributed by atoms with Gasteiger partial charge >= 0.3 is 0 Å². The summed E-state index contributed by atoms with van der Waals surface area (Å²) in [7, 11) is 0. The van der Waals surface area contributed by atoms with Gasteiger partial charge in [0.1, 0.15) is 22.6 Å². The molecule has 3 nitrogen and oxygen atoms in total. The number of hydrogen-bond donors (Lipinski definition) is 0. The Labute approximate surface area is 195 Å². The van der Waals surface area contributed by atoms with E-state index in [9.17, 15) is 5.26 Å². The van der Waals surface area contributed by atoms with Gasteiger partial charge in [-0.1, -0.05) is 35.3 Å². The summed E-state index contributed by atoms with van der Waals surface area (Å²) in [4.78, 5) is 4.62. The van der Waals surface area contributed by atoms with Crippen molar-refractivity contribution in [2.24, 2.45) is 0 Å². The number of aromatic nitrogens is 1. The minimum absolute atomic E-state index is 0.446. The molecule has 4 rings (SSSR count). The van der Waals surface area contributed by atoms with Crippen LogP contribution in [0.5, 0.6) is 0 Å². The molecule has 0 aliphatic carbocycles. The molecule has 0 atom stereocenters. The number of nitriles is 1. The van der Waals surface area contributed by atoms with Crippen LogP contribution in [-0.4, -0.2) is 4.98 Å². The Bertz CT molecular complexity index is 1250. The lowest BCUT2D eigenvalue weighted by atomic mass is 10.2. The van der Waals surface area contributed by atoms with Crippen LogP contribution in [0.25, 0.3) is 34.2 Å². The van der Waals surface area contributed by atoms with Crippen molar-refractivity contribution in [2.75, 3.05) is 0 Å². The second-order valence-corrected chi connectivity index (χ2v) is 8.96. The van der Waals surface area contributed by atoms with E-state index in [1.165, 1.54) is 11.3 Å². The van der Waals surface area contributed by atoms with E-state index in [1.54, 1.807) is 18.2 Å². The van der Waals surface area contributed by atoms with E-state index < -0.39 is 0 Å². The van der Waals surface area contributed by atoms with Gasteiger partial charge in [-0.2, -0.15) is 5.26 Å². The summed E-state index contributed by atoms with van der Waals surface area (Å²) < 4.78 is 7.03. The van der Waals surface area contributed by atoms with Crippen molar-refractivity contribution >= 4 is 68.8 Å². The maximum absolute atomic E-state index is 9.62. The number of thiazole rings is 1. The zero-order chi connectivity index (χ0) is 20.4. The fraction of sp³-hybridized carbons (Fsp3) is 0. The molecule has 0 aliphatic rings. The number of halogens is 3. The van der Waals surface area contributed by atoms with E-state index in [0.717, 1.165) is 20.4 Å². The Morgan fingerprint density at radius 2 is 1.79 bits per heavy atom. The highest BCUT2D eigenvalue weighted by molar-refractivity contribution is 14.1. The minimum atomic E-state index is 0.446. The predicted octanol–water partition coefficient (Wildman–Crippen LogP) is 8.05. The molecule has 0 amide bonds. The molecule has 2 aromatic carbocycles. The van der Waals surface area contributed by atoms with Gasteiger partial charge in [0.05, 0.1) is 21.3 Å². The van der Waals surface area contributed by atoms with Gasteiger partial charge in [-0.15, -0.1) is 11.3 Å². The lowest BCUT2D eigenvalue weighted by Gasteiger charge is -1.99. The van der Waals surface area contributed by atoms with Gasteiger partial charge in [0.25, 0.3) is 0 Å². The Morgan fingerprint density at radius 1 is 1.03 bits per heavy atom. The molecule has 0 fully saturated rings. The second kappa shape index (κ2) is 8.72. The Kier molecular flexibility index (Phi) is 6.07. The molecule has 0 unspecified atom stereocenters. The summed E-state index contributed by atoms with van der Waals surface area (Å²) in [6.07, 6.45) is 1.69. The largest absolute Gasteiger partial charge is 0.457 e. The van der Waals surface area contributed by atoms with Crippen molar-refractivity contribution in [3.63, 3.8) is 0 Å². The van der Waals surface area contributed by atoms with Crippen LogP contribution in [-0.2, 0) is 0 Å². The van der Waals surface area contributed by atoms with Crippen molar-refractivity contribution in [2.45, 2.75) is 0 Å². The molecule has 0 radical (unpaired) electrons. The molecular weight excluding hydrogens is 538 g/mol. The lowest BCUT2D eigenvalue weighted by molar-refractivity contribution is 0.572. The molecule has 4 aromatic rings. The van der Waals surface area contributed by atoms with Crippen LogP contribution in [0, 0.1) is 14.9 Å². The zero-order valence-electron chi connectivity index (χ0n) is 14.7. The van der Waals surface area contributed by atoms with Crippen LogP contribution >= 0.6 is 57.1 Å². The van der Waals surface area contributed by atoms with Crippen LogP contribution in [0.3, 0.4) is 0 Å². The number of allylic oxidation sites excluding steroid dienone is 1. The number of furan rings is 1. The van der Waals surface area contributed by atoms with Gasteiger partial charge in [0.15, 0.2) is 0 Å². The van der Waals surface area contributed by atoms with Crippen molar-refractivity contribution < 1.29 is 4.42 Å². The highest BCUT2D eigenvalue weighted by Gasteiger charge is 2.11. The quantitative estimate of drug-likeness (QED) is 0.191. The molecule has 2 heterocycles. The van der Waals surface area contributed by atoms with E-state index in [1.807, 2.05) is 47.8 Å². The van der Waals surface area contributed by atoms with E-state index in [0.29, 0.717) is 32.1 Å². The van der Waals surface area contributed by atoms with Crippen molar-refractivity contribution in [1.82, 2.24) is 4.98 Å². The molecule has 7 heteroatoms. The average molecular weight is 549 g/mol. The smallest absolute Gasteiger partial charge is 0.134 e. The highest BCUT2D eigenvalue weighted by atomic mass is 127. The highest BCUT2D eigenvalue weighted by Crippen LogP contribution is 2.31. The van der Waals surface area contributed by atoms with Crippen molar-refractivity contribution in [3.8, 4) is 28.7 Å². The fourth-order valence-electron chi connectivity index (χ4n) is 2.67. The molecule has 0 aliphatic heterocycles. The first kappa shape index (κ1) is 20.2. The second-order valence-electron chi connectivity index (χ2n) is 6.05. The molecule has 0 bridgehead atoms. The first-order valence-corrected chi connectivity index (χ1v) is 11.1. The van der Waals surface area contributed by atoms with Gasteiger partial charge in [0, 0.05) is 26.2 Å². The van der Waals surface area contributed by atoms with E-state index in [2.05, 4.69) is 33.6 Å². The topological polar surface area (TPSA) is 49.8 Å². The summed E-state index contributed by atoms with van der Waals surface area (Å²) in [6, 6.07) is 19.3. The summed E-state index contributed by atoms with van der Waals surface area (Å²) in [5.74, 6) is 1.21. The van der Waals surface area contributed by atoms with E-state index in [4.69, 9.17) is 27.6 Å². The molecule has 0 saturated carbocycles. The number of hydrogen-bond acceptors (Lipinski definition) is 4. The average Bonchev–Trinajstić information content (AvgIpc) is 3.39. The van der Waals surface area contributed by atoms with Gasteiger partial charge < -0.3 is 4.42 Å². The third-order valence-electron chi connectivity index (χ3n) is 4.11. The molecule has 0 spiro atoms. The van der Waals surface area contributed by atoms with Crippen LogP contribution in [0.2, 0.25) is 10.0 Å². The van der Waals surface area contributed by atoms with Gasteiger partial charge in [-0.25, -0.2) is 4.98 Å². The van der Waals surface area contributed by atoms with Crippen molar-refractivity contribution in [3.05, 3.63) is 84.4 Å². The first-order valence-electron chi connectivity index (χ1n) is 8.42. The number of benzene rings is 2. The number of nitrogens with zero attached hydrogens (tertiary/aromatic N) is 2. The lowest BCUT2D eigenvalue weighted by Crippen LogP contribution is -1.82. The summed E-state index contributed by atoms with van der Waals surface area (Å²) in [5, 5.41) is 13.2. The molecule has 0 saturated heterocycles. The summed E-state index contributed by atoms with van der Waals surface area (Å²) >= 11 is 15.7. The minimum Gasteiger partial charge on any atom is -0.457 e. The maximum Gasteiger partial charge on any atom is 0.134 e. The fourth-order valence-corrected chi connectivity index (χ4v) is 4.12. The predicted molar refractivity (Wildman–Crippen MR) is 128 cm³/mol. The normalized spacial score (nSPS) is 11.4. The summed E-state index contributed by atoms with van der Waals surface area (Å²) in [6.45, 7) is 0. The van der Waals surface area contributed by atoms with Crippen LogP contribution in [0.1, 0.15) is 10.8 Å². The standard InChI is InChI=1S/C22H11Cl2IN2OS/c23-18-7-3-14(10-19(18)24)21-8-6-17(28-21)9-15(11-26)22-27-20(12-29-22)13-1-4-16(25)5-2-13/h1-10,12H/b15-9+. The van der Waals surface area contributed by atoms with E-state index in [-0.39, 0.29) is 0 Å². The maximum atomic E-state index is 9.62.